The summed E-state index contributed by atoms with van der Waals surface area (Å²) in [5.41, 5.74) is 0.107. The Morgan fingerprint density at radius 2 is 1.94 bits per heavy atom. The van der Waals surface area contributed by atoms with Crippen molar-refractivity contribution in [2.24, 2.45) is 0 Å². The van der Waals surface area contributed by atoms with E-state index >= 15 is 0 Å². The lowest BCUT2D eigenvalue weighted by Crippen LogP contribution is -2.17. The Hall–Kier alpha value is -2.14. The van der Waals surface area contributed by atoms with Crippen molar-refractivity contribution < 1.29 is 17.9 Å². The van der Waals surface area contributed by atoms with Gasteiger partial charge in [-0.25, -0.2) is 0 Å². The lowest BCUT2D eigenvalue weighted by atomic mass is 10.2. The van der Waals surface area contributed by atoms with Crippen LogP contribution in [0.15, 0.2) is 24.3 Å². The highest BCUT2D eigenvalue weighted by atomic mass is 19.4. The van der Waals surface area contributed by atoms with E-state index < -0.39 is 6.36 Å². The number of nitriles is 1. The summed E-state index contributed by atoms with van der Waals surface area (Å²) in [4.78, 5) is 0. The molecule has 0 amide bonds. The van der Waals surface area contributed by atoms with Gasteiger partial charge in [0.15, 0.2) is 0 Å². The van der Waals surface area contributed by atoms with Crippen LogP contribution in [0.2, 0.25) is 0 Å². The first-order valence-corrected chi connectivity index (χ1v) is 4.23. The van der Waals surface area contributed by atoms with Gasteiger partial charge in [0, 0.05) is 0 Å². The molecule has 5 heteroatoms. The minimum Gasteiger partial charge on any atom is -0.404 e. The number of benzene rings is 1. The topological polar surface area (TPSA) is 33.0 Å². The predicted molar refractivity (Wildman–Crippen MR) is 50.2 cm³/mol. The van der Waals surface area contributed by atoms with Crippen LogP contribution in [0.1, 0.15) is 12.0 Å². The maximum Gasteiger partial charge on any atom is 0.573 e. The van der Waals surface area contributed by atoms with Crippen molar-refractivity contribution in [2.75, 3.05) is 0 Å². The molecule has 0 unspecified atom stereocenters. The summed E-state index contributed by atoms with van der Waals surface area (Å²) in [6.45, 7) is 0. The van der Waals surface area contributed by atoms with Crippen LogP contribution in [0.25, 0.3) is 0 Å². The predicted octanol–water partition coefficient (Wildman–Crippen LogP) is 2.85. The first-order chi connectivity index (χ1) is 7.53. The number of para-hydroxylation sites is 1. The molecule has 0 saturated heterocycles. The van der Waals surface area contributed by atoms with E-state index in [1.165, 1.54) is 18.2 Å². The number of alkyl halides is 3. The van der Waals surface area contributed by atoms with Crippen LogP contribution >= 0.6 is 0 Å². The van der Waals surface area contributed by atoms with Crippen molar-refractivity contribution in [2.45, 2.75) is 12.8 Å². The first-order valence-electron chi connectivity index (χ1n) is 4.23. The fraction of sp³-hybridized carbons (Fsp3) is 0.182. The maximum absolute atomic E-state index is 12.0. The molecular formula is C11H6F3NO. The average molecular weight is 225 g/mol. The van der Waals surface area contributed by atoms with Crippen molar-refractivity contribution in [3.63, 3.8) is 0 Å². The monoisotopic (exact) mass is 225 g/mol. The van der Waals surface area contributed by atoms with E-state index in [1.54, 1.807) is 12.1 Å². The molecule has 0 aliphatic carbocycles. The van der Waals surface area contributed by atoms with Crippen LogP contribution < -0.4 is 4.74 Å². The minimum absolute atomic E-state index is 0.0413. The first kappa shape index (κ1) is 11.9. The quantitative estimate of drug-likeness (QED) is 0.688. The Balaban J connectivity index is 2.94. The van der Waals surface area contributed by atoms with Gasteiger partial charge in [-0.05, 0) is 12.1 Å². The maximum atomic E-state index is 12.0. The van der Waals surface area contributed by atoms with E-state index in [9.17, 15) is 13.2 Å². The molecule has 0 N–H and O–H groups in total. The average Bonchev–Trinajstić information content (AvgIpc) is 2.19. The van der Waals surface area contributed by atoms with Crippen LogP contribution in [0.3, 0.4) is 0 Å². The third kappa shape index (κ3) is 3.93. The molecule has 0 atom stereocenters. The van der Waals surface area contributed by atoms with E-state index in [1.807, 2.05) is 0 Å². The van der Waals surface area contributed by atoms with E-state index in [-0.39, 0.29) is 17.7 Å². The minimum atomic E-state index is -4.74. The molecule has 82 valence electrons. The molecule has 0 saturated carbocycles. The van der Waals surface area contributed by atoms with Gasteiger partial charge in [0.05, 0.1) is 18.1 Å². The van der Waals surface area contributed by atoms with Crippen LogP contribution in [0, 0.1) is 23.2 Å². The third-order valence-electron chi connectivity index (χ3n) is 1.50. The summed E-state index contributed by atoms with van der Waals surface area (Å²) < 4.78 is 39.7. The Labute approximate surface area is 90.3 Å². The molecule has 16 heavy (non-hydrogen) atoms. The number of hydrogen-bond acceptors (Lipinski definition) is 2. The second-order valence-corrected chi connectivity index (χ2v) is 2.68. The number of nitrogens with zero attached hydrogens (tertiary/aromatic N) is 1. The molecule has 0 aliphatic rings. The smallest absolute Gasteiger partial charge is 0.404 e. The van der Waals surface area contributed by atoms with Crippen LogP contribution in [0.5, 0.6) is 5.75 Å². The van der Waals surface area contributed by atoms with Crippen molar-refractivity contribution in [1.82, 2.24) is 0 Å². The summed E-state index contributed by atoms with van der Waals surface area (Å²) >= 11 is 0. The largest absolute Gasteiger partial charge is 0.573 e. The van der Waals surface area contributed by atoms with E-state index in [0.29, 0.717) is 0 Å². The summed E-state index contributed by atoms with van der Waals surface area (Å²) in [6, 6.07) is 7.29. The molecule has 0 aliphatic heterocycles. The lowest BCUT2D eigenvalue weighted by Gasteiger charge is -2.09. The van der Waals surface area contributed by atoms with E-state index in [4.69, 9.17) is 5.26 Å². The van der Waals surface area contributed by atoms with Gasteiger partial charge in [0.2, 0.25) is 0 Å². The van der Waals surface area contributed by atoms with Gasteiger partial charge in [-0.2, -0.15) is 5.26 Å². The second kappa shape index (κ2) is 5.09. The summed E-state index contributed by atoms with van der Waals surface area (Å²) in [5, 5.41) is 8.24. The highest BCUT2D eigenvalue weighted by Crippen LogP contribution is 2.25. The zero-order chi connectivity index (χ0) is 12.0. The molecule has 1 rings (SSSR count). The highest BCUT2D eigenvalue weighted by molar-refractivity contribution is 5.46. The molecule has 1 aromatic rings. The highest BCUT2D eigenvalue weighted by Gasteiger charge is 2.31. The third-order valence-corrected chi connectivity index (χ3v) is 1.50. The Morgan fingerprint density at radius 3 is 2.56 bits per heavy atom. The van der Waals surface area contributed by atoms with Gasteiger partial charge >= 0.3 is 6.36 Å². The lowest BCUT2D eigenvalue weighted by molar-refractivity contribution is -0.274. The Morgan fingerprint density at radius 1 is 1.25 bits per heavy atom. The van der Waals surface area contributed by atoms with E-state index in [2.05, 4.69) is 16.6 Å². The van der Waals surface area contributed by atoms with Crippen molar-refractivity contribution in [1.29, 1.82) is 5.26 Å². The number of hydrogen-bond donors (Lipinski definition) is 0. The van der Waals surface area contributed by atoms with Gasteiger partial charge in [-0.3, -0.25) is 0 Å². The van der Waals surface area contributed by atoms with Crippen LogP contribution in [-0.4, -0.2) is 6.36 Å². The molecule has 1 aromatic carbocycles. The van der Waals surface area contributed by atoms with Gasteiger partial charge in [0.1, 0.15) is 5.75 Å². The van der Waals surface area contributed by atoms with Crippen molar-refractivity contribution in [3.05, 3.63) is 29.8 Å². The van der Waals surface area contributed by atoms with Gasteiger partial charge in [0.25, 0.3) is 0 Å². The fourth-order valence-electron chi connectivity index (χ4n) is 0.963. The summed E-state index contributed by atoms with van der Waals surface area (Å²) in [7, 11) is 0. The van der Waals surface area contributed by atoms with Gasteiger partial charge in [-0.1, -0.05) is 24.0 Å². The zero-order valence-electron chi connectivity index (χ0n) is 8.01. The second-order valence-electron chi connectivity index (χ2n) is 2.68. The molecular weight excluding hydrogens is 219 g/mol. The Kier molecular flexibility index (Phi) is 3.79. The standard InChI is InChI=1S/C11H6F3NO/c12-11(13,14)16-10-7-2-1-5-9(10)6-3-4-8-15/h1-2,5,7H,4H2. The molecule has 2 nitrogen and oxygen atoms in total. The summed E-state index contributed by atoms with van der Waals surface area (Å²) in [5.74, 6) is 4.50. The number of halogens is 3. The zero-order valence-corrected chi connectivity index (χ0v) is 8.01. The van der Waals surface area contributed by atoms with Crippen molar-refractivity contribution >= 4 is 0 Å². The SMILES string of the molecule is N#CCC#Cc1ccccc1OC(F)(F)F. The molecule has 0 spiro atoms. The number of ether oxygens (including phenoxy) is 1. The van der Waals surface area contributed by atoms with Crippen LogP contribution in [0.4, 0.5) is 13.2 Å². The van der Waals surface area contributed by atoms with Gasteiger partial charge < -0.3 is 4.74 Å². The molecule has 0 heterocycles. The Bertz CT molecular complexity index is 463. The molecule has 0 bridgehead atoms. The summed E-state index contributed by atoms with van der Waals surface area (Å²) in [6.07, 6.45) is -4.78. The normalized spacial score (nSPS) is 9.88. The molecule has 0 radical (unpaired) electrons. The van der Waals surface area contributed by atoms with Crippen LogP contribution in [-0.2, 0) is 0 Å². The fourth-order valence-corrected chi connectivity index (χ4v) is 0.963. The van der Waals surface area contributed by atoms with Gasteiger partial charge in [-0.15, -0.1) is 13.2 Å². The van der Waals surface area contributed by atoms with E-state index in [0.717, 1.165) is 0 Å². The molecule has 0 fully saturated rings. The molecule has 0 aromatic heterocycles. The van der Waals surface area contributed by atoms with Crippen molar-refractivity contribution in [3.8, 4) is 23.7 Å². The number of rotatable bonds is 1.